The van der Waals surface area contributed by atoms with Crippen LogP contribution in [0.15, 0.2) is 83.8 Å². The Kier molecular flexibility index (Phi) is 5.59. The number of piperidine rings is 1. The summed E-state index contributed by atoms with van der Waals surface area (Å²) in [6, 6.07) is 24.6. The maximum Gasteiger partial charge on any atom is 0.243 e. The van der Waals surface area contributed by atoms with Crippen molar-refractivity contribution in [3.63, 3.8) is 0 Å². The van der Waals surface area contributed by atoms with Gasteiger partial charge in [0.25, 0.3) is 0 Å². The van der Waals surface area contributed by atoms with Crippen molar-refractivity contribution >= 4 is 32.4 Å². The number of nitrogens with zero attached hydrogens (tertiary/aromatic N) is 3. The number of nitrogens with one attached hydrogen (secondary N) is 1. The molecule has 5 rings (SSSR count). The van der Waals surface area contributed by atoms with Gasteiger partial charge in [0.05, 0.1) is 10.4 Å². The van der Waals surface area contributed by atoms with E-state index in [2.05, 4.69) is 5.32 Å². The summed E-state index contributed by atoms with van der Waals surface area (Å²) in [4.78, 5) is 9.78. The topological polar surface area (TPSA) is 75.2 Å². The highest BCUT2D eigenvalue weighted by molar-refractivity contribution is 7.89. The molecule has 0 atom stereocenters. The Bertz CT molecular complexity index is 1350. The third-order valence-electron chi connectivity index (χ3n) is 5.68. The molecule has 1 aliphatic rings. The first kappa shape index (κ1) is 20.6. The third-order valence-corrected chi connectivity index (χ3v) is 7.58. The molecule has 0 spiro atoms. The number of anilines is 2. The summed E-state index contributed by atoms with van der Waals surface area (Å²) < 4.78 is 27.8. The van der Waals surface area contributed by atoms with Crippen molar-refractivity contribution in [1.29, 1.82) is 0 Å². The second kappa shape index (κ2) is 8.68. The molecule has 6 nitrogen and oxygen atoms in total. The van der Waals surface area contributed by atoms with Crippen LogP contribution in [0.1, 0.15) is 19.3 Å². The van der Waals surface area contributed by atoms with Crippen LogP contribution in [0.2, 0.25) is 0 Å². The van der Waals surface area contributed by atoms with E-state index in [-0.39, 0.29) is 0 Å². The van der Waals surface area contributed by atoms with Gasteiger partial charge in [-0.2, -0.15) is 4.31 Å². The summed E-state index contributed by atoms with van der Waals surface area (Å²) in [5, 5.41) is 4.21. The summed E-state index contributed by atoms with van der Waals surface area (Å²) >= 11 is 0. The van der Waals surface area contributed by atoms with Crippen molar-refractivity contribution in [1.82, 2.24) is 14.3 Å². The fourth-order valence-electron chi connectivity index (χ4n) is 4.01. The second-order valence-corrected chi connectivity index (χ2v) is 9.83. The van der Waals surface area contributed by atoms with E-state index in [1.54, 1.807) is 22.5 Å². The van der Waals surface area contributed by atoms with Gasteiger partial charge in [0.15, 0.2) is 5.82 Å². The maximum absolute atomic E-state index is 13.1. The smallest absolute Gasteiger partial charge is 0.243 e. The number of aromatic nitrogens is 2. The molecule has 0 saturated carbocycles. The summed E-state index contributed by atoms with van der Waals surface area (Å²) in [5.41, 5.74) is 2.41. The Balaban J connectivity index is 1.53. The van der Waals surface area contributed by atoms with Crippen LogP contribution in [0.5, 0.6) is 0 Å². The molecule has 1 aliphatic heterocycles. The lowest BCUT2D eigenvalue weighted by atomic mass is 10.2. The van der Waals surface area contributed by atoms with Crippen LogP contribution in [0.3, 0.4) is 0 Å². The van der Waals surface area contributed by atoms with E-state index in [9.17, 15) is 8.42 Å². The second-order valence-electron chi connectivity index (χ2n) is 7.90. The standard InChI is InChI=1S/C25H24N4O2S/c30-32(31,29-16-7-2-8-17-29)21-13-9-12-20(18-21)26-25-22-14-5-6-15-23(22)27-24(28-25)19-10-3-1-4-11-19/h1,3-6,9-15,18H,2,7-8,16-17H2,(H,26,27,28). The lowest BCUT2D eigenvalue weighted by Crippen LogP contribution is -2.35. The van der Waals surface area contributed by atoms with Gasteiger partial charge in [-0.3, -0.25) is 0 Å². The van der Waals surface area contributed by atoms with Crippen LogP contribution in [0.4, 0.5) is 11.5 Å². The Morgan fingerprint density at radius 2 is 1.53 bits per heavy atom. The van der Waals surface area contributed by atoms with Gasteiger partial charge in [-0.25, -0.2) is 18.4 Å². The molecule has 32 heavy (non-hydrogen) atoms. The molecule has 1 aromatic heterocycles. The van der Waals surface area contributed by atoms with Gasteiger partial charge in [-0.1, -0.05) is 55.0 Å². The minimum atomic E-state index is -3.51. The summed E-state index contributed by atoms with van der Waals surface area (Å²) in [6.45, 7) is 1.16. The molecule has 0 radical (unpaired) electrons. The van der Waals surface area contributed by atoms with Gasteiger partial charge < -0.3 is 5.32 Å². The number of hydrogen-bond donors (Lipinski definition) is 1. The highest BCUT2D eigenvalue weighted by Gasteiger charge is 2.26. The summed E-state index contributed by atoms with van der Waals surface area (Å²) in [5.74, 6) is 1.26. The largest absolute Gasteiger partial charge is 0.340 e. The molecular formula is C25H24N4O2S. The van der Waals surface area contributed by atoms with Gasteiger partial charge in [0.1, 0.15) is 5.82 Å². The van der Waals surface area contributed by atoms with Gasteiger partial charge in [-0.05, 0) is 43.2 Å². The molecule has 1 N–H and O–H groups in total. The van der Waals surface area contributed by atoms with Crippen molar-refractivity contribution < 1.29 is 8.42 Å². The fourth-order valence-corrected chi connectivity index (χ4v) is 5.58. The monoisotopic (exact) mass is 444 g/mol. The number of sulfonamides is 1. The molecule has 0 bridgehead atoms. The normalized spacial score (nSPS) is 15.0. The Labute approximate surface area is 188 Å². The highest BCUT2D eigenvalue weighted by Crippen LogP contribution is 2.29. The van der Waals surface area contributed by atoms with Crippen molar-refractivity contribution in [3.8, 4) is 11.4 Å². The maximum atomic E-state index is 13.1. The Morgan fingerprint density at radius 3 is 2.34 bits per heavy atom. The Hall–Kier alpha value is -3.29. The molecule has 4 aromatic rings. The number of para-hydroxylation sites is 1. The van der Waals surface area contributed by atoms with E-state index in [0.717, 1.165) is 35.7 Å². The number of rotatable bonds is 5. The average Bonchev–Trinajstić information content (AvgIpc) is 2.85. The van der Waals surface area contributed by atoms with Gasteiger partial charge in [0.2, 0.25) is 10.0 Å². The highest BCUT2D eigenvalue weighted by atomic mass is 32.2. The Morgan fingerprint density at radius 1 is 0.781 bits per heavy atom. The molecule has 7 heteroatoms. The number of fused-ring (bicyclic) bond motifs is 1. The first-order valence-electron chi connectivity index (χ1n) is 10.8. The lowest BCUT2D eigenvalue weighted by molar-refractivity contribution is 0.346. The minimum Gasteiger partial charge on any atom is -0.340 e. The van der Waals surface area contributed by atoms with Crippen LogP contribution in [-0.4, -0.2) is 35.8 Å². The van der Waals surface area contributed by atoms with Crippen LogP contribution in [0, 0.1) is 0 Å². The van der Waals surface area contributed by atoms with E-state index in [1.165, 1.54) is 0 Å². The van der Waals surface area contributed by atoms with Crippen molar-refractivity contribution in [2.45, 2.75) is 24.2 Å². The molecule has 2 heterocycles. The molecule has 0 amide bonds. The van der Waals surface area contributed by atoms with Crippen molar-refractivity contribution in [3.05, 3.63) is 78.9 Å². The molecule has 0 unspecified atom stereocenters. The zero-order chi connectivity index (χ0) is 22.0. The molecule has 3 aromatic carbocycles. The van der Waals surface area contributed by atoms with E-state index < -0.39 is 10.0 Å². The first-order chi connectivity index (χ1) is 15.6. The zero-order valence-electron chi connectivity index (χ0n) is 17.6. The number of hydrogen-bond acceptors (Lipinski definition) is 5. The van der Waals surface area contributed by atoms with Gasteiger partial charge in [0, 0.05) is 29.7 Å². The predicted molar refractivity (Wildman–Crippen MR) is 127 cm³/mol. The van der Waals surface area contributed by atoms with Crippen LogP contribution in [0.25, 0.3) is 22.3 Å². The molecule has 1 saturated heterocycles. The first-order valence-corrected chi connectivity index (χ1v) is 12.2. The average molecular weight is 445 g/mol. The van der Waals surface area contributed by atoms with Crippen molar-refractivity contribution in [2.24, 2.45) is 0 Å². The van der Waals surface area contributed by atoms with Gasteiger partial charge in [-0.15, -0.1) is 0 Å². The predicted octanol–water partition coefficient (Wildman–Crippen LogP) is 5.22. The SMILES string of the molecule is O=S(=O)(c1cccc(Nc2nc(-c3ccccc3)nc3ccccc23)c1)N1CCCCC1. The molecule has 1 fully saturated rings. The third kappa shape index (κ3) is 4.09. The summed E-state index contributed by atoms with van der Waals surface area (Å²) in [7, 11) is -3.51. The van der Waals surface area contributed by atoms with Crippen LogP contribution >= 0.6 is 0 Å². The van der Waals surface area contributed by atoms with Crippen LogP contribution < -0.4 is 5.32 Å². The van der Waals surface area contributed by atoms with E-state index in [4.69, 9.17) is 9.97 Å². The van der Waals surface area contributed by atoms with Gasteiger partial charge >= 0.3 is 0 Å². The number of benzene rings is 3. The van der Waals surface area contributed by atoms with E-state index >= 15 is 0 Å². The molecule has 162 valence electrons. The summed E-state index contributed by atoms with van der Waals surface area (Å²) in [6.07, 6.45) is 2.90. The quantitative estimate of drug-likeness (QED) is 0.457. The molecular weight excluding hydrogens is 420 g/mol. The van der Waals surface area contributed by atoms with E-state index in [0.29, 0.717) is 35.3 Å². The van der Waals surface area contributed by atoms with Crippen molar-refractivity contribution in [2.75, 3.05) is 18.4 Å². The lowest BCUT2D eigenvalue weighted by Gasteiger charge is -2.26. The zero-order valence-corrected chi connectivity index (χ0v) is 18.4. The van der Waals surface area contributed by atoms with E-state index in [1.807, 2.05) is 60.7 Å². The van der Waals surface area contributed by atoms with Crippen LogP contribution in [-0.2, 0) is 10.0 Å². The minimum absolute atomic E-state index is 0.297. The molecule has 0 aliphatic carbocycles. The fraction of sp³-hybridized carbons (Fsp3) is 0.200.